The molecule has 0 atom stereocenters. The van der Waals surface area contributed by atoms with Gasteiger partial charge in [0.1, 0.15) is 6.33 Å². The molecule has 0 saturated carbocycles. The number of benzene rings is 1. The molecule has 0 fully saturated rings. The van der Waals surface area contributed by atoms with E-state index in [-0.39, 0.29) is 5.28 Å². The molecule has 4 nitrogen and oxygen atoms in total. The topological polar surface area (TPSA) is 50.7 Å². The van der Waals surface area contributed by atoms with E-state index in [1.807, 2.05) is 12.1 Å². The van der Waals surface area contributed by atoms with Crippen LogP contribution in [0.4, 0.5) is 11.6 Å². The number of hydrogen-bond acceptors (Lipinski definition) is 5. The molecule has 17 heavy (non-hydrogen) atoms. The molecule has 0 aliphatic carbocycles. The van der Waals surface area contributed by atoms with Crippen LogP contribution in [0.15, 0.2) is 30.6 Å². The van der Waals surface area contributed by atoms with Crippen molar-refractivity contribution in [1.82, 2.24) is 15.0 Å². The Bertz CT molecular complexity index is 511. The van der Waals surface area contributed by atoms with E-state index >= 15 is 0 Å². The lowest BCUT2D eigenvalue weighted by Gasteiger charge is -2.05. The molecule has 0 saturated heterocycles. The van der Waals surface area contributed by atoms with E-state index < -0.39 is 0 Å². The minimum Gasteiger partial charge on any atom is -0.324 e. The van der Waals surface area contributed by atoms with Crippen LogP contribution in [0.25, 0.3) is 0 Å². The van der Waals surface area contributed by atoms with Gasteiger partial charge in [-0.2, -0.15) is 4.98 Å². The maximum atomic E-state index is 5.69. The molecule has 0 bridgehead atoms. The second kappa shape index (κ2) is 6.36. The summed E-state index contributed by atoms with van der Waals surface area (Å²) in [5, 5.41) is 3.27. The lowest BCUT2D eigenvalue weighted by Crippen LogP contribution is -1.98. The average molecular weight is 379 g/mol. The van der Waals surface area contributed by atoms with Gasteiger partial charge >= 0.3 is 0 Å². The fourth-order valence-corrected chi connectivity index (χ4v) is 2.78. The van der Waals surface area contributed by atoms with Crippen molar-refractivity contribution in [3.8, 4) is 0 Å². The van der Waals surface area contributed by atoms with Crippen molar-refractivity contribution in [2.45, 2.75) is 5.75 Å². The third-order valence-electron chi connectivity index (χ3n) is 1.95. The molecule has 0 radical (unpaired) electrons. The summed E-state index contributed by atoms with van der Waals surface area (Å²) in [6.45, 7) is 0. The molecule has 0 aliphatic rings. The van der Waals surface area contributed by atoms with Crippen LogP contribution in [0, 0.1) is 0 Å². The Morgan fingerprint density at radius 1 is 1.35 bits per heavy atom. The van der Waals surface area contributed by atoms with Gasteiger partial charge in [-0.15, -0.1) is 0 Å². The molecular formula is C10H8ClIN4S. The zero-order valence-electron chi connectivity index (χ0n) is 8.60. The molecule has 1 heterocycles. The van der Waals surface area contributed by atoms with Crippen molar-refractivity contribution in [3.63, 3.8) is 0 Å². The molecule has 1 aromatic carbocycles. The minimum atomic E-state index is 0.182. The minimum absolute atomic E-state index is 0.182. The molecule has 1 aromatic heterocycles. The van der Waals surface area contributed by atoms with Crippen LogP contribution in [-0.2, 0) is 5.75 Å². The summed E-state index contributed by atoms with van der Waals surface area (Å²) in [4.78, 5) is 11.7. The first-order chi connectivity index (χ1) is 8.28. The van der Waals surface area contributed by atoms with Crippen LogP contribution in [0.1, 0.15) is 5.56 Å². The smallest absolute Gasteiger partial charge is 0.231 e. The summed E-state index contributed by atoms with van der Waals surface area (Å²) in [5.74, 6) is 1.41. The third-order valence-corrected chi connectivity index (χ3v) is 3.51. The standard InChI is InChI=1S/C10H8ClIN4S/c11-9-13-6-14-10(16-9)15-8-3-1-2-7(4-8)5-17-12/h1-4,6H,5H2,(H,13,14,15,16). The molecule has 1 N–H and O–H groups in total. The van der Waals surface area contributed by atoms with Crippen molar-refractivity contribution in [2.75, 3.05) is 5.32 Å². The van der Waals surface area contributed by atoms with Gasteiger partial charge in [0.2, 0.25) is 11.2 Å². The molecule has 2 rings (SSSR count). The van der Waals surface area contributed by atoms with Crippen molar-refractivity contribution in [2.24, 2.45) is 0 Å². The Morgan fingerprint density at radius 3 is 3.00 bits per heavy atom. The first-order valence-corrected chi connectivity index (χ1v) is 8.62. The normalized spacial score (nSPS) is 10.2. The van der Waals surface area contributed by atoms with E-state index in [0.717, 1.165) is 11.4 Å². The van der Waals surface area contributed by atoms with Crippen molar-refractivity contribution in [1.29, 1.82) is 0 Å². The quantitative estimate of drug-likeness (QED) is 0.819. The second-order valence-corrected chi connectivity index (χ2v) is 5.87. The third kappa shape index (κ3) is 3.97. The van der Waals surface area contributed by atoms with E-state index in [1.165, 1.54) is 11.9 Å². The number of nitrogens with one attached hydrogen (secondary N) is 1. The lowest BCUT2D eigenvalue weighted by atomic mass is 10.2. The zero-order chi connectivity index (χ0) is 12.1. The Balaban J connectivity index is 2.15. The van der Waals surface area contributed by atoms with Gasteiger partial charge in [-0.05, 0) is 50.5 Å². The maximum absolute atomic E-state index is 5.69. The summed E-state index contributed by atoms with van der Waals surface area (Å²) in [7, 11) is 1.75. The molecular weight excluding hydrogens is 371 g/mol. The summed E-state index contributed by atoms with van der Waals surface area (Å²) >= 11 is 7.96. The lowest BCUT2D eigenvalue weighted by molar-refractivity contribution is 1.05. The summed E-state index contributed by atoms with van der Waals surface area (Å²) < 4.78 is 0. The molecule has 0 aliphatic heterocycles. The van der Waals surface area contributed by atoms with Gasteiger partial charge in [0.25, 0.3) is 0 Å². The van der Waals surface area contributed by atoms with E-state index in [1.54, 1.807) is 8.93 Å². The summed E-state index contributed by atoms with van der Waals surface area (Å²) in [6, 6.07) is 8.09. The molecule has 88 valence electrons. The maximum Gasteiger partial charge on any atom is 0.231 e. The van der Waals surface area contributed by atoms with Gasteiger partial charge in [-0.3, -0.25) is 0 Å². The van der Waals surface area contributed by atoms with Crippen LogP contribution in [0.5, 0.6) is 0 Å². The highest BCUT2D eigenvalue weighted by molar-refractivity contribution is 14.2. The largest absolute Gasteiger partial charge is 0.324 e. The molecule has 2 aromatic rings. The Labute approximate surface area is 120 Å². The monoisotopic (exact) mass is 378 g/mol. The van der Waals surface area contributed by atoms with Crippen LogP contribution >= 0.6 is 41.7 Å². The predicted octanol–water partition coefficient (Wildman–Crippen LogP) is 3.85. The highest BCUT2D eigenvalue weighted by Crippen LogP contribution is 2.22. The molecule has 0 spiro atoms. The van der Waals surface area contributed by atoms with E-state index in [0.29, 0.717) is 5.95 Å². The van der Waals surface area contributed by atoms with Gasteiger partial charge < -0.3 is 5.32 Å². The van der Waals surface area contributed by atoms with Gasteiger partial charge in [0, 0.05) is 11.4 Å². The van der Waals surface area contributed by atoms with Gasteiger partial charge in [-0.1, -0.05) is 21.1 Å². The van der Waals surface area contributed by atoms with Gasteiger partial charge in [0.15, 0.2) is 0 Å². The number of anilines is 2. The first kappa shape index (κ1) is 12.8. The summed E-state index contributed by atoms with van der Waals surface area (Å²) in [6.07, 6.45) is 1.38. The summed E-state index contributed by atoms with van der Waals surface area (Å²) in [5.41, 5.74) is 2.18. The number of hydrogen-bond donors (Lipinski definition) is 1. The van der Waals surface area contributed by atoms with Crippen LogP contribution < -0.4 is 5.32 Å². The Morgan fingerprint density at radius 2 is 2.24 bits per heavy atom. The van der Waals surface area contributed by atoms with Crippen molar-refractivity contribution < 1.29 is 0 Å². The van der Waals surface area contributed by atoms with E-state index in [2.05, 4.69) is 53.6 Å². The van der Waals surface area contributed by atoms with Crippen molar-refractivity contribution in [3.05, 3.63) is 41.4 Å². The number of halogens is 2. The van der Waals surface area contributed by atoms with Crippen LogP contribution in [0.3, 0.4) is 0 Å². The van der Waals surface area contributed by atoms with E-state index in [4.69, 9.17) is 11.6 Å². The van der Waals surface area contributed by atoms with Gasteiger partial charge in [0.05, 0.1) is 0 Å². The second-order valence-electron chi connectivity index (χ2n) is 3.16. The Hall–Kier alpha value is -0.600. The highest BCUT2D eigenvalue weighted by Gasteiger charge is 2.00. The number of rotatable bonds is 4. The van der Waals surface area contributed by atoms with Crippen LogP contribution in [0.2, 0.25) is 5.28 Å². The fourth-order valence-electron chi connectivity index (χ4n) is 1.27. The average Bonchev–Trinajstić information content (AvgIpc) is 2.30. The molecule has 7 heteroatoms. The zero-order valence-corrected chi connectivity index (χ0v) is 12.3. The van der Waals surface area contributed by atoms with Crippen LogP contribution in [-0.4, -0.2) is 15.0 Å². The molecule has 0 amide bonds. The SMILES string of the molecule is Clc1ncnc(Nc2cccc(CSI)c2)n1. The van der Waals surface area contributed by atoms with E-state index in [9.17, 15) is 0 Å². The number of nitrogens with zero attached hydrogens (tertiary/aromatic N) is 3. The first-order valence-electron chi connectivity index (χ1n) is 4.72. The fraction of sp³-hybridized carbons (Fsp3) is 0.100. The number of aromatic nitrogens is 3. The molecule has 0 unspecified atom stereocenters. The highest BCUT2D eigenvalue weighted by atomic mass is 127. The van der Waals surface area contributed by atoms with Crippen molar-refractivity contribution >= 4 is 53.4 Å². The predicted molar refractivity (Wildman–Crippen MR) is 79.9 cm³/mol. The van der Waals surface area contributed by atoms with Gasteiger partial charge in [-0.25, -0.2) is 9.97 Å². The Kier molecular flexibility index (Phi) is 4.81.